The molecular formula is C18H27ClN2O. The number of carbonyl (C=O) groups excluding carboxylic acids is 1. The predicted molar refractivity (Wildman–Crippen MR) is 91.9 cm³/mol. The van der Waals surface area contributed by atoms with E-state index in [-0.39, 0.29) is 17.9 Å². The van der Waals surface area contributed by atoms with Gasteiger partial charge in [0.1, 0.15) is 0 Å². The molecule has 3 nitrogen and oxygen atoms in total. The minimum Gasteiger partial charge on any atom is -0.353 e. The maximum Gasteiger partial charge on any atom is 0.223 e. The summed E-state index contributed by atoms with van der Waals surface area (Å²) in [5, 5.41) is 3.97. The number of amides is 1. The van der Waals surface area contributed by atoms with Gasteiger partial charge < -0.3 is 5.32 Å². The van der Waals surface area contributed by atoms with Crippen LogP contribution >= 0.6 is 11.6 Å². The lowest BCUT2D eigenvalue weighted by Crippen LogP contribution is -2.44. The Kier molecular flexibility index (Phi) is 6.27. The second kappa shape index (κ2) is 7.98. The minimum atomic E-state index is 0.156. The van der Waals surface area contributed by atoms with Crippen LogP contribution in [0.1, 0.15) is 39.2 Å². The zero-order valence-corrected chi connectivity index (χ0v) is 14.6. The highest BCUT2D eigenvalue weighted by atomic mass is 35.5. The highest BCUT2D eigenvalue weighted by Gasteiger charge is 2.26. The molecule has 0 radical (unpaired) electrons. The standard InChI is InChI=1S/C18H27ClN2O/c1-13(2)14(3)20-18(22)15-8-10-21(11-9-15)12-16-6-4-5-7-17(16)19/h4-7,13-15H,8-12H2,1-3H3,(H,20,22). The van der Waals surface area contributed by atoms with Gasteiger partial charge in [-0.15, -0.1) is 0 Å². The summed E-state index contributed by atoms with van der Waals surface area (Å²) in [6.45, 7) is 9.14. The average Bonchev–Trinajstić information content (AvgIpc) is 2.50. The van der Waals surface area contributed by atoms with Gasteiger partial charge >= 0.3 is 0 Å². The number of carbonyl (C=O) groups is 1. The third-order valence-electron chi connectivity index (χ3n) is 4.68. The van der Waals surface area contributed by atoms with Crippen molar-refractivity contribution in [2.75, 3.05) is 13.1 Å². The molecule has 1 N–H and O–H groups in total. The van der Waals surface area contributed by atoms with Gasteiger partial charge in [-0.25, -0.2) is 0 Å². The molecule has 0 spiro atoms. The van der Waals surface area contributed by atoms with Crippen molar-refractivity contribution in [3.05, 3.63) is 34.9 Å². The second-order valence-corrected chi connectivity index (χ2v) is 7.09. The maximum absolute atomic E-state index is 12.3. The van der Waals surface area contributed by atoms with Crippen molar-refractivity contribution in [3.63, 3.8) is 0 Å². The van der Waals surface area contributed by atoms with Crippen LogP contribution < -0.4 is 5.32 Å². The van der Waals surface area contributed by atoms with E-state index < -0.39 is 0 Å². The number of nitrogens with zero attached hydrogens (tertiary/aromatic N) is 1. The fourth-order valence-electron chi connectivity index (χ4n) is 2.73. The molecule has 0 bridgehead atoms. The van der Waals surface area contributed by atoms with E-state index in [1.165, 1.54) is 5.56 Å². The Morgan fingerprint density at radius 3 is 2.50 bits per heavy atom. The number of piperidine rings is 1. The molecule has 1 atom stereocenters. The Bertz CT molecular complexity index is 496. The summed E-state index contributed by atoms with van der Waals surface area (Å²) < 4.78 is 0. The molecule has 1 aromatic carbocycles. The molecular weight excluding hydrogens is 296 g/mol. The van der Waals surface area contributed by atoms with Crippen LogP contribution in [0.3, 0.4) is 0 Å². The molecule has 1 unspecified atom stereocenters. The molecule has 0 aromatic heterocycles. The highest BCUT2D eigenvalue weighted by Crippen LogP contribution is 2.22. The Morgan fingerprint density at radius 1 is 1.27 bits per heavy atom. The number of rotatable bonds is 5. The Hall–Kier alpha value is -1.06. The lowest BCUT2D eigenvalue weighted by atomic mass is 9.94. The molecule has 4 heteroatoms. The molecule has 1 saturated heterocycles. The normalized spacial score (nSPS) is 18.4. The summed E-state index contributed by atoms with van der Waals surface area (Å²) in [5.41, 5.74) is 1.17. The zero-order chi connectivity index (χ0) is 16.1. The number of hydrogen-bond donors (Lipinski definition) is 1. The molecule has 22 heavy (non-hydrogen) atoms. The Balaban J connectivity index is 1.80. The van der Waals surface area contributed by atoms with E-state index in [9.17, 15) is 4.79 Å². The van der Waals surface area contributed by atoms with Crippen molar-refractivity contribution in [2.45, 2.75) is 46.2 Å². The van der Waals surface area contributed by atoms with Crippen molar-refractivity contribution >= 4 is 17.5 Å². The van der Waals surface area contributed by atoms with Crippen LogP contribution in [0.4, 0.5) is 0 Å². The number of hydrogen-bond acceptors (Lipinski definition) is 2. The van der Waals surface area contributed by atoms with Crippen LogP contribution in [-0.2, 0) is 11.3 Å². The third kappa shape index (κ3) is 4.72. The van der Waals surface area contributed by atoms with Gasteiger partial charge in [-0.1, -0.05) is 43.6 Å². The van der Waals surface area contributed by atoms with E-state index in [0.717, 1.165) is 37.5 Å². The maximum atomic E-state index is 12.3. The monoisotopic (exact) mass is 322 g/mol. The fraction of sp³-hybridized carbons (Fsp3) is 0.611. The zero-order valence-electron chi connectivity index (χ0n) is 13.8. The summed E-state index contributed by atoms with van der Waals surface area (Å²) >= 11 is 6.22. The summed E-state index contributed by atoms with van der Waals surface area (Å²) in [7, 11) is 0. The van der Waals surface area contributed by atoms with Crippen molar-refractivity contribution in [3.8, 4) is 0 Å². The Morgan fingerprint density at radius 2 is 1.91 bits per heavy atom. The van der Waals surface area contributed by atoms with E-state index in [0.29, 0.717) is 5.92 Å². The molecule has 1 amide bonds. The van der Waals surface area contributed by atoms with Crippen LogP contribution in [0.5, 0.6) is 0 Å². The number of benzene rings is 1. The van der Waals surface area contributed by atoms with Gasteiger partial charge in [0.25, 0.3) is 0 Å². The van der Waals surface area contributed by atoms with E-state index >= 15 is 0 Å². The van der Waals surface area contributed by atoms with Crippen LogP contribution in [0.2, 0.25) is 5.02 Å². The lowest BCUT2D eigenvalue weighted by Gasteiger charge is -2.32. The Labute approximate surface area is 139 Å². The molecule has 1 aromatic rings. The van der Waals surface area contributed by atoms with E-state index in [1.54, 1.807) is 0 Å². The SMILES string of the molecule is CC(C)C(C)NC(=O)C1CCN(Cc2ccccc2Cl)CC1. The smallest absolute Gasteiger partial charge is 0.223 e. The van der Waals surface area contributed by atoms with Gasteiger partial charge in [0.05, 0.1) is 0 Å². The first kappa shape index (κ1) is 17.3. The molecule has 2 rings (SSSR count). The molecule has 1 aliphatic heterocycles. The molecule has 0 aliphatic carbocycles. The molecule has 1 heterocycles. The third-order valence-corrected chi connectivity index (χ3v) is 5.05. The average molecular weight is 323 g/mol. The lowest BCUT2D eigenvalue weighted by molar-refractivity contribution is -0.127. The van der Waals surface area contributed by atoms with E-state index in [1.807, 2.05) is 18.2 Å². The summed E-state index contributed by atoms with van der Waals surface area (Å²) in [5.74, 6) is 0.853. The van der Waals surface area contributed by atoms with Crippen molar-refractivity contribution < 1.29 is 4.79 Å². The molecule has 0 saturated carbocycles. The molecule has 1 aliphatic rings. The van der Waals surface area contributed by atoms with E-state index in [4.69, 9.17) is 11.6 Å². The molecule has 1 fully saturated rings. The van der Waals surface area contributed by atoms with Gasteiger partial charge in [0, 0.05) is 23.5 Å². The van der Waals surface area contributed by atoms with Gasteiger partial charge in [0.15, 0.2) is 0 Å². The summed E-state index contributed by atoms with van der Waals surface area (Å²) in [6.07, 6.45) is 1.86. The van der Waals surface area contributed by atoms with Crippen LogP contribution in [0, 0.1) is 11.8 Å². The number of likely N-dealkylation sites (tertiary alicyclic amines) is 1. The summed E-state index contributed by atoms with van der Waals surface area (Å²) in [6, 6.07) is 8.23. The van der Waals surface area contributed by atoms with E-state index in [2.05, 4.69) is 37.1 Å². The number of halogens is 1. The summed E-state index contributed by atoms with van der Waals surface area (Å²) in [4.78, 5) is 14.7. The van der Waals surface area contributed by atoms with Crippen molar-refractivity contribution in [1.29, 1.82) is 0 Å². The van der Waals surface area contributed by atoms with Crippen molar-refractivity contribution in [2.24, 2.45) is 11.8 Å². The topological polar surface area (TPSA) is 32.3 Å². The van der Waals surface area contributed by atoms with Crippen molar-refractivity contribution in [1.82, 2.24) is 10.2 Å². The minimum absolute atomic E-state index is 0.156. The van der Waals surface area contributed by atoms with Crippen LogP contribution in [0.25, 0.3) is 0 Å². The first-order valence-electron chi connectivity index (χ1n) is 8.23. The first-order valence-corrected chi connectivity index (χ1v) is 8.61. The van der Waals surface area contributed by atoms with Crippen LogP contribution in [0.15, 0.2) is 24.3 Å². The predicted octanol–water partition coefficient (Wildman–Crippen LogP) is 3.71. The highest BCUT2D eigenvalue weighted by molar-refractivity contribution is 6.31. The van der Waals surface area contributed by atoms with Gasteiger partial charge in [-0.05, 0) is 50.4 Å². The van der Waals surface area contributed by atoms with Gasteiger partial charge in [0.2, 0.25) is 5.91 Å². The quantitative estimate of drug-likeness (QED) is 0.896. The van der Waals surface area contributed by atoms with Crippen LogP contribution in [-0.4, -0.2) is 29.9 Å². The first-order chi connectivity index (χ1) is 10.5. The van der Waals surface area contributed by atoms with Gasteiger partial charge in [-0.2, -0.15) is 0 Å². The molecule has 122 valence electrons. The second-order valence-electron chi connectivity index (χ2n) is 6.68. The largest absolute Gasteiger partial charge is 0.353 e. The fourth-order valence-corrected chi connectivity index (χ4v) is 2.93. The van der Waals surface area contributed by atoms with Gasteiger partial charge in [-0.3, -0.25) is 9.69 Å². The number of nitrogens with one attached hydrogen (secondary N) is 1.